The van der Waals surface area contributed by atoms with Crippen LogP contribution in [-0.4, -0.2) is 28.3 Å². The molecule has 1 N–H and O–H groups in total. The number of nitrogens with one attached hydrogen (secondary N) is 1. The molecule has 0 radical (unpaired) electrons. The van der Waals surface area contributed by atoms with E-state index in [1.165, 1.54) is 12.1 Å². The smallest absolute Gasteiger partial charge is 0.320 e. The van der Waals surface area contributed by atoms with Gasteiger partial charge < -0.3 is 10.2 Å². The van der Waals surface area contributed by atoms with Crippen molar-refractivity contribution in [2.24, 2.45) is 5.16 Å². The monoisotopic (exact) mass is 407 g/mol. The number of Topliss-reactive ketones (excluding diaryl/α,β-unsaturated/α-hetero) is 1. The SMILES string of the molecule is O=C1Nc2cc(Cl)c([N+](=O)[O-])c(Cl)c2C(=O)C1=NOC(=O)c1ccccc1. The molecule has 3 rings (SSSR count). The lowest BCUT2D eigenvalue weighted by atomic mass is 9.99. The van der Waals surface area contributed by atoms with Gasteiger partial charge in [-0.2, -0.15) is 0 Å². The predicted molar refractivity (Wildman–Crippen MR) is 95.4 cm³/mol. The van der Waals surface area contributed by atoms with Crippen molar-refractivity contribution in [1.29, 1.82) is 0 Å². The van der Waals surface area contributed by atoms with E-state index in [1.807, 2.05) is 0 Å². The number of hydrogen-bond donors (Lipinski definition) is 1. The Morgan fingerprint density at radius 3 is 2.48 bits per heavy atom. The van der Waals surface area contributed by atoms with Crippen molar-refractivity contribution >= 4 is 57.9 Å². The highest BCUT2D eigenvalue weighted by atomic mass is 35.5. The Morgan fingerprint density at radius 2 is 1.85 bits per heavy atom. The number of rotatable bonds is 3. The molecule has 1 heterocycles. The number of nitro groups is 1. The van der Waals surface area contributed by atoms with Gasteiger partial charge in [0.25, 0.3) is 5.91 Å². The van der Waals surface area contributed by atoms with E-state index in [1.54, 1.807) is 18.2 Å². The van der Waals surface area contributed by atoms with Crippen LogP contribution in [-0.2, 0) is 9.63 Å². The van der Waals surface area contributed by atoms with Crippen LogP contribution >= 0.6 is 23.2 Å². The summed E-state index contributed by atoms with van der Waals surface area (Å²) < 4.78 is 0. The van der Waals surface area contributed by atoms with E-state index >= 15 is 0 Å². The lowest BCUT2D eigenvalue weighted by Gasteiger charge is -2.18. The van der Waals surface area contributed by atoms with Crippen LogP contribution in [0.25, 0.3) is 0 Å². The van der Waals surface area contributed by atoms with E-state index in [0.29, 0.717) is 0 Å². The number of nitro benzene ring substituents is 1. The zero-order chi connectivity index (χ0) is 19.7. The highest BCUT2D eigenvalue weighted by Gasteiger charge is 2.37. The minimum atomic E-state index is -1.04. The number of carbonyl (C=O) groups is 3. The maximum Gasteiger partial charge on any atom is 0.365 e. The van der Waals surface area contributed by atoms with Gasteiger partial charge in [-0.1, -0.05) is 46.6 Å². The molecular formula is C16H7Cl2N3O6. The minimum absolute atomic E-state index is 0.112. The van der Waals surface area contributed by atoms with Crippen molar-refractivity contribution in [2.75, 3.05) is 5.32 Å². The van der Waals surface area contributed by atoms with Gasteiger partial charge in [0.05, 0.1) is 21.7 Å². The molecule has 0 saturated carbocycles. The maximum absolute atomic E-state index is 12.6. The standard InChI is InChI=1S/C16H7Cl2N3O6/c17-8-6-9-10(11(18)13(8)21(25)26)14(22)12(15(23)19-9)20-27-16(24)7-4-2-1-3-5-7/h1-6H,(H,19,23). The number of benzene rings is 2. The first kappa shape index (κ1) is 18.5. The second-order valence-electron chi connectivity index (χ2n) is 5.17. The molecule has 0 aromatic heterocycles. The van der Waals surface area contributed by atoms with Crippen molar-refractivity contribution in [3.8, 4) is 0 Å². The van der Waals surface area contributed by atoms with Gasteiger partial charge in [0.15, 0.2) is 0 Å². The number of halogens is 2. The average molecular weight is 408 g/mol. The zero-order valence-corrected chi connectivity index (χ0v) is 14.6. The van der Waals surface area contributed by atoms with Gasteiger partial charge >= 0.3 is 11.7 Å². The van der Waals surface area contributed by atoms with Crippen LogP contribution in [0.4, 0.5) is 11.4 Å². The van der Waals surface area contributed by atoms with Crippen LogP contribution in [0.5, 0.6) is 0 Å². The Hall–Kier alpha value is -3.30. The molecule has 0 spiro atoms. The zero-order valence-electron chi connectivity index (χ0n) is 13.1. The Morgan fingerprint density at radius 1 is 1.19 bits per heavy atom. The number of hydrogen-bond acceptors (Lipinski definition) is 7. The van der Waals surface area contributed by atoms with E-state index in [9.17, 15) is 24.5 Å². The Bertz CT molecular complexity index is 1040. The first-order valence-corrected chi connectivity index (χ1v) is 7.93. The van der Waals surface area contributed by atoms with Gasteiger partial charge in [-0.3, -0.25) is 19.7 Å². The molecule has 1 amide bonds. The molecule has 9 nitrogen and oxygen atoms in total. The van der Waals surface area contributed by atoms with Crippen LogP contribution in [0, 0.1) is 10.1 Å². The van der Waals surface area contributed by atoms with E-state index in [0.717, 1.165) is 6.07 Å². The van der Waals surface area contributed by atoms with Crippen LogP contribution in [0.15, 0.2) is 41.6 Å². The summed E-state index contributed by atoms with van der Waals surface area (Å²) in [6, 6.07) is 8.77. The number of amides is 1. The third-order valence-electron chi connectivity index (χ3n) is 3.51. The third kappa shape index (κ3) is 3.37. The highest BCUT2D eigenvalue weighted by Crippen LogP contribution is 2.41. The molecule has 0 aliphatic carbocycles. The number of fused-ring (bicyclic) bond motifs is 1. The summed E-state index contributed by atoms with van der Waals surface area (Å²) in [5.74, 6) is -2.92. The second-order valence-corrected chi connectivity index (χ2v) is 5.95. The molecule has 27 heavy (non-hydrogen) atoms. The van der Waals surface area contributed by atoms with Crippen LogP contribution < -0.4 is 5.32 Å². The number of oxime groups is 1. The van der Waals surface area contributed by atoms with E-state index in [4.69, 9.17) is 23.2 Å². The Labute approximate surface area is 160 Å². The lowest BCUT2D eigenvalue weighted by Crippen LogP contribution is -2.36. The van der Waals surface area contributed by atoms with E-state index < -0.39 is 39.0 Å². The van der Waals surface area contributed by atoms with E-state index in [-0.39, 0.29) is 21.8 Å². The minimum Gasteiger partial charge on any atom is -0.320 e. The molecule has 1 aliphatic rings. The van der Waals surface area contributed by atoms with Crippen molar-refractivity contribution < 1.29 is 24.1 Å². The van der Waals surface area contributed by atoms with Gasteiger partial charge in [-0.25, -0.2) is 4.79 Å². The van der Waals surface area contributed by atoms with Gasteiger partial charge in [0.1, 0.15) is 10.0 Å². The molecule has 0 atom stereocenters. The summed E-state index contributed by atoms with van der Waals surface area (Å²) in [5, 5.41) is 15.8. The lowest BCUT2D eigenvalue weighted by molar-refractivity contribution is -0.384. The molecule has 1 aliphatic heterocycles. The molecular weight excluding hydrogens is 401 g/mol. The van der Waals surface area contributed by atoms with Crippen molar-refractivity contribution in [2.45, 2.75) is 0 Å². The van der Waals surface area contributed by atoms with Gasteiger partial charge in [-0.05, 0) is 18.2 Å². The topological polar surface area (TPSA) is 128 Å². The fourth-order valence-corrected chi connectivity index (χ4v) is 2.98. The molecule has 0 bridgehead atoms. The van der Waals surface area contributed by atoms with Gasteiger partial charge in [0, 0.05) is 0 Å². The number of anilines is 1. The van der Waals surface area contributed by atoms with Crippen LogP contribution in [0.3, 0.4) is 0 Å². The number of carbonyl (C=O) groups excluding carboxylic acids is 3. The quantitative estimate of drug-likeness (QED) is 0.472. The van der Waals surface area contributed by atoms with Crippen LogP contribution in [0.1, 0.15) is 20.7 Å². The maximum atomic E-state index is 12.6. The number of nitrogens with zero attached hydrogens (tertiary/aromatic N) is 2. The first-order chi connectivity index (χ1) is 12.8. The normalized spacial score (nSPS) is 14.5. The molecule has 11 heteroatoms. The second kappa shape index (κ2) is 7.14. The molecule has 2 aromatic carbocycles. The summed E-state index contributed by atoms with van der Waals surface area (Å²) in [6.07, 6.45) is 0. The summed E-state index contributed by atoms with van der Waals surface area (Å²) in [7, 11) is 0. The fourth-order valence-electron chi connectivity index (χ4n) is 2.30. The molecule has 2 aromatic rings. The largest absolute Gasteiger partial charge is 0.365 e. The van der Waals surface area contributed by atoms with Crippen LogP contribution in [0.2, 0.25) is 10.0 Å². The van der Waals surface area contributed by atoms with E-state index in [2.05, 4.69) is 15.3 Å². The Balaban J connectivity index is 1.98. The molecule has 0 unspecified atom stereocenters. The summed E-state index contributed by atoms with van der Waals surface area (Å²) >= 11 is 11.7. The fraction of sp³-hybridized carbons (Fsp3) is 0. The summed E-state index contributed by atoms with van der Waals surface area (Å²) in [5.41, 5.74) is -1.82. The Kier molecular flexibility index (Phi) is 4.89. The first-order valence-electron chi connectivity index (χ1n) is 7.18. The van der Waals surface area contributed by atoms with Crippen molar-refractivity contribution in [3.63, 3.8) is 0 Å². The summed E-state index contributed by atoms with van der Waals surface area (Å²) in [6.45, 7) is 0. The molecule has 0 saturated heterocycles. The predicted octanol–water partition coefficient (Wildman–Crippen LogP) is 3.25. The van der Waals surface area contributed by atoms with Gasteiger partial charge in [0.2, 0.25) is 11.5 Å². The highest BCUT2D eigenvalue weighted by molar-refractivity contribution is 6.73. The average Bonchev–Trinajstić information content (AvgIpc) is 2.61. The van der Waals surface area contributed by atoms with Crippen molar-refractivity contribution in [1.82, 2.24) is 0 Å². The number of ketones is 1. The third-order valence-corrected chi connectivity index (χ3v) is 4.17. The molecule has 0 fully saturated rings. The van der Waals surface area contributed by atoms with Gasteiger partial charge in [-0.15, -0.1) is 0 Å². The van der Waals surface area contributed by atoms with Crippen molar-refractivity contribution in [3.05, 3.63) is 67.7 Å². The molecule has 136 valence electrons. The summed E-state index contributed by atoms with van der Waals surface area (Å²) in [4.78, 5) is 51.4.